The predicted molar refractivity (Wildman–Crippen MR) is 134 cm³/mol. The van der Waals surface area contributed by atoms with Gasteiger partial charge in [-0.15, -0.1) is 0 Å². The molecule has 0 bridgehead atoms. The molecule has 3 N–H and O–H groups in total. The first-order valence-electron chi connectivity index (χ1n) is 11.1. The lowest BCUT2D eigenvalue weighted by Gasteiger charge is -2.25. The number of carbonyl (C=O) groups is 3. The van der Waals surface area contributed by atoms with Gasteiger partial charge in [0.1, 0.15) is 23.9 Å². The molecule has 1 heterocycles. The summed E-state index contributed by atoms with van der Waals surface area (Å²) >= 11 is 5.76. The lowest BCUT2D eigenvalue weighted by atomic mass is 10.1. The zero-order valence-electron chi connectivity index (χ0n) is 19.3. The van der Waals surface area contributed by atoms with Gasteiger partial charge in [0.15, 0.2) is 0 Å². The number of methoxy groups -OCH3 is 1. The van der Waals surface area contributed by atoms with E-state index >= 15 is 0 Å². The quantitative estimate of drug-likeness (QED) is 0.282. The first-order valence-corrected chi connectivity index (χ1v) is 13.2. The number of nitrogens with one attached hydrogen (secondary N) is 1. The number of benzene rings is 1. The maximum atomic E-state index is 13.2. The number of likely N-dealkylation sites (tertiary alicyclic amines) is 1. The molecule has 8 nitrogen and oxygen atoms in total. The Labute approximate surface area is 205 Å². The van der Waals surface area contributed by atoms with Crippen LogP contribution >= 0.6 is 24.4 Å². The third-order valence-corrected chi connectivity index (χ3v) is 6.66. The van der Waals surface area contributed by atoms with Gasteiger partial charge in [-0.1, -0.05) is 18.2 Å². The Kier molecular flexibility index (Phi) is 11.9. The minimum Gasteiger partial charge on any atom is -0.488 e. The Morgan fingerprint density at radius 1 is 1.27 bits per heavy atom. The van der Waals surface area contributed by atoms with Crippen molar-refractivity contribution in [3.63, 3.8) is 0 Å². The summed E-state index contributed by atoms with van der Waals surface area (Å²) in [7, 11) is 1.30. The fourth-order valence-corrected chi connectivity index (χ4v) is 4.40. The van der Waals surface area contributed by atoms with Gasteiger partial charge in [0.05, 0.1) is 13.7 Å². The Morgan fingerprint density at radius 3 is 2.64 bits per heavy atom. The van der Waals surface area contributed by atoms with Gasteiger partial charge in [0, 0.05) is 24.6 Å². The maximum absolute atomic E-state index is 13.2. The molecule has 1 saturated heterocycles. The molecule has 1 aliphatic heterocycles. The second-order valence-electron chi connectivity index (χ2n) is 8.05. The summed E-state index contributed by atoms with van der Waals surface area (Å²) in [5.41, 5.74) is 5.90. The third kappa shape index (κ3) is 8.75. The molecule has 4 atom stereocenters. The number of nitrogens with two attached hydrogens (primary N) is 1. The van der Waals surface area contributed by atoms with Crippen molar-refractivity contribution in [1.82, 2.24) is 10.2 Å². The van der Waals surface area contributed by atoms with E-state index in [1.807, 2.05) is 36.6 Å². The summed E-state index contributed by atoms with van der Waals surface area (Å²) in [5, 5.41) is 2.79. The summed E-state index contributed by atoms with van der Waals surface area (Å²) in [6, 6.07) is 7.78. The maximum Gasteiger partial charge on any atom is 0.328 e. The number of ether oxygens (including phenoxy) is 2. The second kappa shape index (κ2) is 14.4. The Morgan fingerprint density at radius 2 is 2.00 bits per heavy atom. The van der Waals surface area contributed by atoms with Gasteiger partial charge in [-0.05, 0) is 43.4 Å². The van der Waals surface area contributed by atoms with Crippen LogP contribution in [0.5, 0.6) is 5.75 Å². The van der Waals surface area contributed by atoms with Crippen LogP contribution in [0.4, 0.5) is 0 Å². The Hall–Kier alpha value is -1.91. The fraction of sp³-hybridized carbons (Fsp3) is 0.609. The van der Waals surface area contributed by atoms with Gasteiger partial charge in [0.2, 0.25) is 11.8 Å². The lowest BCUT2D eigenvalue weighted by molar-refractivity contribution is -0.146. The van der Waals surface area contributed by atoms with E-state index in [0.29, 0.717) is 49.5 Å². The number of thiol groups is 1. The van der Waals surface area contributed by atoms with E-state index in [-0.39, 0.29) is 30.4 Å². The Bertz CT molecular complexity index is 768. The number of thioether (sulfide) groups is 1. The summed E-state index contributed by atoms with van der Waals surface area (Å²) in [6.07, 6.45) is 3.99. The van der Waals surface area contributed by atoms with Crippen LogP contribution in [-0.4, -0.2) is 78.3 Å². The monoisotopic (exact) mass is 497 g/mol. The van der Waals surface area contributed by atoms with E-state index in [4.69, 9.17) is 15.2 Å². The van der Waals surface area contributed by atoms with E-state index < -0.39 is 18.1 Å². The highest BCUT2D eigenvalue weighted by Crippen LogP contribution is 2.25. The molecule has 0 saturated carbocycles. The van der Waals surface area contributed by atoms with Crippen LogP contribution < -0.4 is 15.8 Å². The van der Waals surface area contributed by atoms with Crippen molar-refractivity contribution in [2.75, 3.05) is 31.4 Å². The first kappa shape index (κ1) is 27.3. The molecule has 1 aliphatic rings. The molecule has 1 aromatic rings. The molecule has 0 aliphatic carbocycles. The molecular formula is C23H35N3O5S2. The van der Waals surface area contributed by atoms with Crippen molar-refractivity contribution in [2.45, 2.75) is 56.3 Å². The molecule has 0 radical (unpaired) electrons. The standard InChI is InChI=1S/C23H35N3O5S2/c1-30-23(29)19(11-12-33-2)25-22(28)20-13-18(31-17-8-4-3-5-9-17)14-26(20)21(27)10-6-7-16(24)15-32/h3-5,8-9,16,18-20,32H,6-7,10-15,24H2,1-2H3,(H,25,28)/t16-,18+,19+,20+/m1/s1. The molecule has 0 unspecified atom stereocenters. The van der Waals surface area contributed by atoms with E-state index in [0.717, 1.165) is 0 Å². The number of esters is 1. The molecule has 33 heavy (non-hydrogen) atoms. The van der Waals surface area contributed by atoms with Crippen LogP contribution in [0.1, 0.15) is 32.1 Å². The SMILES string of the molecule is COC(=O)[C@H](CCSC)NC(=O)[C@@H]1C[C@H](Oc2ccccc2)CN1C(=O)CCC[C@@H](N)CS. The van der Waals surface area contributed by atoms with Crippen molar-refractivity contribution >= 4 is 42.2 Å². The number of nitrogens with zero attached hydrogens (tertiary/aromatic N) is 1. The summed E-state index contributed by atoms with van der Waals surface area (Å²) in [5.74, 6) is 0.944. The van der Waals surface area contributed by atoms with Crippen molar-refractivity contribution < 1.29 is 23.9 Å². The lowest BCUT2D eigenvalue weighted by Crippen LogP contribution is -2.51. The van der Waals surface area contributed by atoms with E-state index in [9.17, 15) is 14.4 Å². The zero-order chi connectivity index (χ0) is 24.2. The number of carbonyl (C=O) groups excluding carboxylic acids is 3. The molecule has 184 valence electrons. The minimum atomic E-state index is -0.755. The molecule has 2 rings (SSSR count). The first-order chi connectivity index (χ1) is 15.9. The number of hydrogen-bond acceptors (Lipinski definition) is 8. The summed E-state index contributed by atoms with van der Waals surface area (Å²) in [4.78, 5) is 39.9. The van der Waals surface area contributed by atoms with Crippen molar-refractivity contribution in [3.8, 4) is 5.75 Å². The van der Waals surface area contributed by atoms with Crippen LogP contribution in [-0.2, 0) is 19.1 Å². The van der Waals surface area contributed by atoms with E-state index in [1.165, 1.54) is 7.11 Å². The highest BCUT2D eigenvalue weighted by molar-refractivity contribution is 7.98. The van der Waals surface area contributed by atoms with E-state index in [1.54, 1.807) is 16.7 Å². The predicted octanol–water partition coefficient (Wildman–Crippen LogP) is 1.87. The largest absolute Gasteiger partial charge is 0.488 e. The van der Waals surface area contributed by atoms with Gasteiger partial charge in [-0.3, -0.25) is 9.59 Å². The average Bonchev–Trinajstić information content (AvgIpc) is 3.25. The average molecular weight is 498 g/mol. The van der Waals surface area contributed by atoms with Crippen LogP contribution in [0.15, 0.2) is 30.3 Å². The van der Waals surface area contributed by atoms with Crippen molar-refractivity contribution in [2.24, 2.45) is 5.73 Å². The molecule has 10 heteroatoms. The van der Waals surface area contributed by atoms with Crippen LogP contribution in [0.25, 0.3) is 0 Å². The summed E-state index contributed by atoms with van der Waals surface area (Å²) < 4.78 is 10.9. The van der Waals surface area contributed by atoms with Crippen LogP contribution in [0, 0.1) is 0 Å². The second-order valence-corrected chi connectivity index (χ2v) is 9.40. The number of para-hydroxylation sites is 1. The highest BCUT2D eigenvalue weighted by Gasteiger charge is 2.41. The van der Waals surface area contributed by atoms with Crippen LogP contribution in [0.3, 0.4) is 0 Å². The van der Waals surface area contributed by atoms with Gasteiger partial charge >= 0.3 is 5.97 Å². The Balaban J connectivity index is 2.10. The molecular weight excluding hydrogens is 462 g/mol. The van der Waals surface area contributed by atoms with Gasteiger partial charge in [-0.25, -0.2) is 4.79 Å². The van der Waals surface area contributed by atoms with Gasteiger partial charge < -0.3 is 25.4 Å². The number of hydrogen-bond donors (Lipinski definition) is 3. The van der Waals surface area contributed by atoms with Gasteiger partial charge in [0.25, 0.3) is 0 Å². The molecule has 0 aromatic heterocycles. The van der Waals surface area contributed by atoms with Gasteiger partial charge in [-0.2, -0.15) is 24.4 Å². The fourth-order valence-electron chi connectivity index (χ4n) is 3.74. The highest BCUT2D eigenvalue weighted by atomic mass is 32.2. The third-order valence-electron chi connectivity index (χ3n) is 5.54. The van der Waals surface area contributed by atoms with Crippen molar-refractivity contribution in [1.29, 1.82) is 0 Å². The van der Waals surface area contributed by atoms with Crippen molar-refractivity contribution in [3.05, 3.63) is 30.3 Å². The van der Waals surface area contributed by atoms with E-state index in [2.05, 4.69) is 17.9 Å². The molecule has 0 spiro atoms. The van der Waals surface area contributed by atoms with Crippen LogP contribution in [0.2, 0.25) is 0 Å². The zero-order valence-corrected chi connectivity index (χ0v) is 21.0. The minimum absolute atomic E-state index is 0.0646. The normalized spacial score (nSPS) is 19.6. The summed E-state index contributed by atoms with van der Waals surface area (Å²) in [6.45, 7) is 0.304. The molecule has 2 amide bonds. The number of amides is 2. The topological polar surface area (TPSA) is 111 Å². The number of rotatable bonds is 13. The molecule has 1 fully saturated rings. The smallest absolute Gasteiger partial charge is 0.328 e. The molecule has 1 aromatic carbocycles.